The monoisotopic (exact) mass is 218 g/mol. The van der Waals surface area contributed by atoms with Crippen LogP contribution in [0.5, 0.6) is 0 Å². The van der Waals surface area contributed by atoms with Gasteiger partial charge in [0, 0.05) is 6.61 Å². The third kappa shape index (κ3) is 13.6. The Hall–Kier alpha value is -0.450. The van der Waals surface area contributed by atoms with Crippen molar-refractivity contribution in [3.63, 3.8) is 0 Å². The van der Waals surface area contributed by atoms with E-state index in [2.05, 4.69) is 6.92 Å². The van der Waals surface area contributed by atoms with Crippen molar-refractivity contribution in [1.29, 1.82) is 0 Å². The van der Waals surface area contributed by atoms with E-state index in [-0.39, 0.29) is 6.61 Å². The lowest BCUT2D eigenvalue weighted by molar-refractivity contribution is -0.112. The van der Waals surface area contributed by atoms with Crippen LogP contribution in [0.1, 0.15) is 26.2 Å². The van der Waals surface area contributed by atoms with Crippen molar-refractivity contribution in [2.24, 2.45) is 0 Å². The Bertz CT molecular complexity index is 128. The van der Waals surface area contributed by atoms with Crippen LogP contribution in [0.15, 0.2) is 0 Å². The summed E-state index contributed by atoms with van der Waals surface area (Å²) in [6.07, 6.45) is 4.30. The second-order valence-electron chi connectivity index (χ2n) is 3.17. The van der Waals surface area contributed by atoms with Gasteiger partial charge in [-0.05, 0) is 6.42 Å². The summed E-state index contributed by atoms with van der Waals surface area (Å²) in [4.78, 5) is 9.88. The molecule has 0 N–H and O–H groups in total. The molecule has 0 saturated heterocycles. The van der Waals surface area contributed by atoms with Crippen LogP contribution >= 0.6 is 0 Å². The molecule has 0 aliphatic carbocycles. The summed E-state index contributed by atoms with van der Waals surface area (Å²) in [5, 5.41) is 0. The normalized spacial score (nSPS) is 10.5. The molecule has 15 heavy (non-hydrogen) atoms. The van der Waals surface area contributed by atoms with Crippen LogP contribution in [0.4, 0.5) is 0 Å². The van der Waals surface area contributed by atoms with Crippen molar-refractivity contribution in [2.75, 3.05) is 39.6 Å². The molecule has 0 saturated carbocycles. The molecule has 90 valence electrons. The van der Waals surface area contributed by atoms with Crippen LogP contribution in [0.3, 0.4) is 0 Å². The van der Waals surface area contributed by atoms with Crippen LogP contribution in [0, 0.1) is 0 Å². The standard InChI is InChI=1S/C11H22O4/c1-2-3-4-6-13-8-10-15-11-9-14-7-5-12/h5H,2-4,6-11H2,1H3. The SMILES string of the molecule is CCCCCOCCOCCOCC=O. The van der Waals surface area contributed by atoms with Gasteiger partial charge in [-0.1, -0.05) is 19.8 Å². The van der Waals surface area contributed by atoms with E-state index in [9.17, 15) is 4.79 Å². The van der Waals surface area contributed by atoms with Crippen molar-refractivity contribution < 1.29 is 19.0 Å². The van der Waals surface area contributed by atoms with E-state index in [0.717, 1.165) is 19.3 Å². The van der Waals surface area contributed by atoms with Gasteiger partial charge >= 0.3 is 0 Å². The Labute approximate surface area is 91.9 Å². The molecule has 0 radical (unpaired) electrons. The van der Waals surface area contributed by atoms with E-state index in [1.54, 1.807) is 0 Å². The Morgan fingerprint density at radius 3 is 2.07 bits per heavy atom. The average Bonchev–Trinajstić information content (AvgIpc) is 2.26. The summed E-state index contributed by atoms with van der Waals surface area (Å²) in [5.41, 5.74) is 0. The largest absolute Gasteiger partial charge is 0.379 e. The van der Waals surface area contributed by atoms with Crippen molar-refractivity contribution in [3.05, 3.63) is 0 Å². The lowest BCUT2D eigenvalue weighted by Crippen LogP contribution is -2.10. The first kappa shape index (κ1) is 14.6. The second kappa shape index (κ2) is 13.5. The minimum atomic E-state index is 0.150. The zero-order chi connectivity index (χ0) is 11.2. The molecule has 4 nitrogen and oxygen atoms in total. The van der Waals surface area contributed by atoms with E-state index >= 15 is 0 Å². The quantitative estimate of drug-likeness (QED) is 0.367. The molecule has 0 unspecified atom stereocenters. The topological polar surface area (TPSA) is 44.8 Å². The third-order valence-electron chi connectivity index (χ3n) is 1.82. The van der Waals surface area contributed by atoms with Gasteiger partial charge in [0.25, 0.3) is 0 Å². The first-order valence-corrected chi connectivity index (χ1v) is 5.58. The molecule has 0 aromatic carbocycles. The lowest BCUT2D eigenvalue weighted by Gasteiger charge is -2.05. The van der Waals surface area contributed by atoms with Crippen LogP contribution in [-0.4, -0.2) is 45.9 Å². The van der Waals surface area contributed by atoms with Crippen LogP contribution in [-0.2, 0) is 19.0 Å². The molecule has 4 heteroatoms. The summed E-state index contributed by atoms with van der Waals surface area (Å²) in [6.45, 7) is 5.35. The predicted octanol–water partition coefficient (Wildman–Crippen LogP) is 1.43. The average molecular weight is 218 g/mol. The van der Waals surface area contributed by atoms with Crippen LogP contribution in [0.2, 0.25) is 0 Å². The molecule has 0 amide bonds. The van der Waals surface area contributed by atoms with E-state index in [4.69, 9.17) is 14.2 Å². The molecule has 0 aliphatic rings. The molecule has 0 aromatic heterocycles. The number of hydrogen-bond acceptors (Lipinski definition) is 4. The molecular weight excluding hydrogens is 196 g/mol. The predicted molar refractivity (Wildman–Crippen MR) is 58.0 cm³/mol. The molecule has 0 fully saturated rings. The Balaban J connectivity index is 2.83. The number of unbranched alkanes of at least 4 members (excludes halogenated alkanes) is 2. The van der Waals surface area contributed by atoms with Gasteiger partial charge in [-0.15, -0.1) is 0 Å². The van der Waals surface area contributed by atoms with E-state index in [1.165, 1.54) is 12.8 Å². The van der Waals surface area contributed by atoms with Gasteiger partial charge in [-0.2, -0.15) is 0 Å². The van der Waals surface area contributed by atoms with Crippen LogP contribution < -0.4 is 0 Å². The zero-order valence-corrected chi connectivity index (χ0v) is 9.57. The molecule has 0 rings (SSSR count). The minimum absolute atomic E-state index is 0.150. The van der Waals surface area contributed by atoms with Gasteiger partial charge in [-0.3, -0.25) is 0 Å². The van der Waals surface area contributed by atoms with Gasteiger partial charge in [0.1, 0.15) is 12.9 Å². The maximum atomic E-state index is 9.88. The van der Waals surface area contributed by atoms with Crippen LogP contribution in [0.25, 0.3) is 0 Å². The van der Waals surface area contributed by atoms with Crippen molar-refractivity contribution in [2.45, 2.75) is 26.2 Å². The minimum Gasteiger partial charge on any atom is -0.379 e. The number of hydrogen-bond donors (Lipinski definition) is 0. The fraction of sp³-hybridized carbons (Fsp3) is 0.909. The fourth-order valence-corrected chi connectivity index (χ4v) is 1.03. The number of aldehydes is 1. The maximum Gasteiger partial charge on any atom is 0.145 e. The van der Waals surface area contributed by atoms with E-state index in [1.807, 2.05) is 0 Å². The first-order chi connectivity index (χ1) is 7.41. The highest BCUT2D eigenvalue weighted by atomic mass is 16.5. The fourth-order valence-electron chi connectivity index (χ4n) is 1.03. The van der Waals surface area contributed by atoms with Crippen molar-refractivity contribution in [3.8, 4) is 0 Å². The summed E-state index contributed by atoms with van der Waals surface area (Å²) in [5.74, 6) is 0. The van der Waals surface area contributed by atoms with E-state index in [0.29, 0.717) is 26.4 Å². The molecule has 0 aliphatic heterocycles. The molecule has 0 bridgehead atoms. The highest BCUT2D eigenvalue weighted by Crippen LogP contribution is 1.93. The summed E-state index contributed by atoms with van der Waals surface area (Å²) >= 11 is 0. The van der Waals surface area contributed by atoms with Gasteiger partial charge < -0.3 is 19.0 Å². The Morgan fingerprint density at radius 2 is 1.47 bits per heavy atom. The summed E-state index contributed by atoms with van der Waals surface area (Å²) in [6, 6.07) is 0. The third-order valence-corrected chi connectivity index (χ3v) is 1.82. The zero-order valence-electron chi connectivity index (χ0n) is 9.57. The molecule has 0 aromatic rings. The summed E-state index contributed by atoms with van der Waals surface area (Å²) < 4.78 is 15.5. The summed E-state index contributed by atoms with van der Waals surface area (Å²) in [7, 11) is 0. The Kier molecular flexibility index (Phi) is 13.1. The molecule has 0 spiro atoms. The first-order valence-electron chi connectivity index (χ1n) is 5.58. The van der Waals surface area contributed by atoms with E-state index < -0.39 is 0 Å². The van der Waals surface area contributed by atoms with Gasteiger partial charge in [0.2, 0.25) is 0 Å². The van der Waals surface area contributed by atoms with Gasteiger partial charge in [-0.25, -0.2) is 0 Å². The number of carbonyl (C=O) groups excluding carboxylic acids is 1. The Morgan fingerprint density at radius 1 is 0.867 bits per heavy atom. The highest BCUT2D eigenvalue weighted by molar-refractivity contribution is 5.50. The second-order valence-corrected chi connectivity index (χ2v) is 3.17. The maximum absolute atomic E-state index is 9.88. The van der Waals surface area contributed by atoms with Gasteiger partial charge in [0.15, 0.2) is 0 Å². The molecule has 0 atom stereocenters. The lowest BCUT2D eigenvalue weighted by atomic mass is 10.3. The number of rotatable bonds is 12. The van der Waals surface area contributed by atoms with Crippen molar-refractivity contribution in [1.82, 2.24) is 0 Å². The number of carbonyl (C=O) groups is 1. The molecule has 0 heterocycles. The van der Waals surface area contributed by atoms with Gasteiger partial charge in [0.05, 0.1) is 26.4 Å². The molecular formula is C11H22O4. The highest BCUT2D eigenvalue weighted by Gasteiger charge is 1.91. The smallest absolute Gasteiger partial charge is 0.145 e. The van der Waals surface area contributed by atoms with Crippen molar-refractivity contribution >= 4 is 6.29 Å². The number of ether oxygens (including phenoxy) is 3.